The number of hydrogen-bond acceptors (Lipinski definition) is 6. The minimum absolute atomic E-state index is 0.113. The Morgan fingerprint density at radius 3 is 2.54 bits per heavy atom. The molecule has 39 heavy (non-hydrogen) atoms. The van der Waals surface area contributed by atoms with E-state index in [0.29, 0.717) is 45.4 Å². The summed E-state index contributed by atoms with van der Waals surface area (Å²) in [5.74, 6) is -2.17. The summed E-state index contributed by atoms with van der Waals surface area (Å²) in [6.45, 7) is 5.55. The van der Waals surface area contributed by atoms with Crippen LogP contribution in [0.25, 0.3) is 22.0 Å². The first-order chi connectivity index (χ1) is 18.4. The Kier molecular flexibility index (Phi) is 6.95. The lowest BCUT2D eigenvalue weighted by atomic mass is 9.95. The normalized spacial score (nSPS) is 13.5. The highest BCUT2D eigenvalue weighted by atomic mass is 32.2. The number of nitrogens with two attached hydrogens (primary N) is 1. The third-order valence-electron chi connectivity index (χ3n) is 6.54. The van der Waals surface area contributed by atoms with Crippen molar-refractivity contribution in [1.82, 2.24) is 14.8 Å². The number of halogens is 2. The van der Waals surface area contributed by atoms with E-state index >= 15 is 0 Å². The number of aromatic carboxylic acids is 1. The van der Waals surface area contributed by atoms with Gasteiger partial charge in [-0.25, -0.2) is 36.8 Å². The maximum Gasteiger partial charge on any atom is 0.355 e. The Balaban J connectivity index is 1.71. The van der Waals surface area contributed by atoms with E-state index in [9.17, 15) is 27.1 Å². The number of allylic oxidation sites excluding steroid dienone is 1. The molecule has 0 unspecified atom stereocenters. The van der Waals surface area contributed by atoms with Gasteiger partial charge in [0.2, 0.25) is 15.2 Å². The number of thiazole rings is 1. The van der Waals surface area contributed by atoms with Crippen molar-refractivity contribution < 1.29 is 27.1 Å². The van der Waals surface area contributed by atoms with Crippen molar-refractivity contribution in [2.24, 2.45) is 11.1 Å². The van der Waals surface area contributed by atoms with Crippen LogP contribution in [0.3, 0.4) is 0 Å². The number of primary sulfonamides is 1. The molecule has 0 aliphatic heterocycles. The van der Waals surface area contributed by atoms with Gasteiger partial charge in [-0.15, -0.1) is 11.3 Å². The minimum Gasteiger partial charge on any atom is -0.476 e. The lowest BCUT2D eigenvalue weighted by Gasteiger charge is -2.10. The zero-order valence-corrected chi connectivity index (χ0v) is 22.5. The molecule has 1 saturated carbocycles. The van der Waals surface area contributed by atoms with Gasteiger partial charge in [0.1, 0.15) is 16.5 Å². The van der Waals surface area contributed by atoms with E-state index in [1.807, 2.05) is 0 Å². The van der Waals surface area contributed by atoms with Gasteiger partial charge >= 0.3 is 5.97 Å². The van der Waals surface area contributed by atoms with Gasteiger partial charge in [0.15, 0.2) is 5.69 Å². The van der Waals surface area contributed by atoms with Crippen LogP contribution in [0.1, 0.15) is 52.6 Å². The summed E-state index contributed by atoms with van der Waals surface area (Å²) in [6.07, 6.45) is 2.84. The predicted molar refractivity (Wildman–Crippen MR) is 143 cm³/mol. The Morgan fingerprint density at radius 2 is 1.95 bits per heavy atom. The molecule has 202 valence electrons. The van der Waals surface area contributed by atoms with Gasteiger partial charge < -0.3 is 5.11 Å². The number of rotatable bonds is 9. The summed E-state index contributed by atoms with van der Waals surface area (Å²) in [5, 5.41) is 21.1. The molecule has 3 N–H and O–H groups in total. The van der Waals surface area contributed by atoms with Crippen LogP contribution in [0.4, 0.5) is 8.78 Å². The molecule has 0 atom stereocenters. The van der Waals surface area contributed by atoms with Crippen molar-refractivity contribution in [3.8, 4) is 16.4 Å². The van der Waals surface area contributed by atoms with Crippen LogP contribution < -0.4 is 5.14 Å². The van der Waals surface area contributed by atoms with Gasteiger partial charge in [0, 0.05) is 28.5 Å². The predicted octanol–water partition coefficient (Wildman–Crippen LogP) is 5.20. The highest BCUT2D eigenvalue weighted by Crippen LogP contribution is 2.38. The average molecular weight is 571 g/mol. The summed E-state index contributed by atoms with van der Waals surface area (Å²) >= 11 is 1.13. The van der Waals surface area contributed by atoms with Crippen molar-refractivity contribution >= 4 is 32.9 Å². The Hall–Kier alpha value is -3.74. The van der Waals surface area contributed by atoms with Gasteiger partial charge in [-0.2, -0.15) is 5.10 Å². The molecule has 8 nitrogen and oxygen atoms in total. The smallest absolute Gasteiger partial charge is 0.355 e. The van der Waals surface area contributed by atoms with E-state index < -0.39 is 32.5 Å². The van der Waals surface area contributed by atoms with Crippen LogP contribution in [0.2, 0.25) is 0 Å². The second-order valence-corrected chi connectivity index (χ2v) is 12.0. The molecule has 2 aromatic heterocycles. The third kappa shape index (κ3) is 5.54. The average Bonchev–Trinajstić information content (AvgIpc) is 3.41. The Morgan fingerprint density at radius 1 is 1.21 bits per heavy atom. The molecule has 0 saturated heterocycles. The lowest BCUT2D eigenvalue weighted by Crippen LogP contribution is -2.14. The quantitative estimate of drug-likeness (QED) is 0.285. The van der Waals surface area contributed by atoms with Gasteiger partial charge in [0.05, 0.1) is 11.4 Å². The van der Waals surface area contributed by atoms with Crippen molar-refractivity contribution in [3.63, 3.8) is 0 Å². The summed E-state index contributed by atoms with van der Waals surface area (Å²) in [7, 11) is -4.23. The summed E-state index contributed by atoms with van der Waals surface area (Å²) < 4.78 is 54.3. The van der Waals surface area contributed by atoms with Crippen molar-refractivity contribution in [1.29, 1.82) is 0 Å². The number of carbonyl (C=O) groups is 1. The van der Waals surface area contributed by atoms with E-state index in [2.05, 4.69) is 11.6 Å². The maximum absolute atomic E-state index is 14.7. The highest BCUT2D eigenvalue weighted by Gasteiger charge is 2.30. The molecule has 2 heterocycles. The molecule has 5 rings (SSSR count). The number of benzene rings is 2. The molecule has 1 fully saturated rings. The van der Waals surface area contributed by atoms with Gasteiger partial charge in [-0.1, -0.05) is 12.6 Å². The zero-order chi connectivity index (χ0) is 28.1. The monoisotopic (exact) mass is 570 g/mol. The number of hydrogen-bond donors (Lipinski definition) is 2. The van der Waals surface area contributed by atoms with Crippen molar-refractivity contribution in [2.45, 2.75) is 37.5 Å². The van der Waals surface area contributed by atoms with E-state index in [0.717, 1.165) is 47.6 Å². The SMILES string of the molecule is C=C(C)c1cc(-c2nn(-c3nc(C(=O)O)cs3)c(CC3CC3)c2Cc2ccc(S(N)(=O)=O)c(F)c2)ccc1F. The first kappa shape index (κ1) is 26.9. The van der Waals surface area contributed by atoms with Gasteiger partial charge in [-0.3, -0.25) is 0 Å². The molecule has 2 aromatic carbocycles. The zero-order valence-electron chi connectivity index (χ0n) is 20.8. The summed E-state index contributed by atoms with van der Waals surface area (Å²) in [6, 6.07) is 8.30. The second kappa shape index (κ2) is 10.1. The largest absolute Gasteiger partial charge is 0.476 e. The van der Waals surface area contributed by atoms with E-state index in [1.54, 1.807) is 23.7 Å². The first-order valence-electron chi connectivity index (χ1n) is 12.0. The lowest BCUT2D eigenvalue weighted by molar-refractivity contribution is 0.0691. The van der Waals surface area contributed by atoms with Crippen LogP contribution in [-0.4, -0.2) is 34.3 Å². The van der Waals surface area contributed by atoms with Crippen molar-refractivity contribution in [2.75, 3.05) is 0 Å². The second-order valence-electron chi connectivity index (χ2n) is 9.62. The molecule has 0 bridgehead atoms. The number of carboxylic acid groups (broad SMARTS) is 1. The number of sulfonamides is 1. The molecule has 1 aliphatic carbocycles. The van der Waals surface area contributed by atoms with E-state index in [4.69, 9.17) is 10.2 Å². The van der Waals surface area contributed by atoms with Crippen LogP contribution in [0.5, 0.6) is 0 Å². The molecular formula is C27H24F2N4O4S2. The standard InChI is InChI=1S/C27H24F2N4O4S2/c1-14(2)18-12-17(6-7-20(18)28)25-19(9-16-5-8-24(21(29)10-16)39(30,36)37)23(11-15-3-4-15)33(32-25)27-31-22(13-38-27)26(34)35/h5-8,10,12-13,15H,1,3-4,9,11H2,2H3,(H,34,35)(H2,30,36,37). The Labute approximate surface area is 227 Å². The number of aromatic nitrogens is 3. The number of carboxylic acids is 1. The van der Waals surface area contributed by atoms with Gasteiger partial charge in [0.25, 0.3) is 0 Å². The third-order valence-corrected chi connectivity index (χ3v) is 8.30. The van der Waals surface area contributed by atoms with Crippen LogP contribution >= 0.6 is 11.3 Å². The van der Waals surface area contributed by atoms with Gasteiger partial charge in [-0.05, 0) is 73.6 Å². The first-order valence-corrected chi connectivity index (χ1v) is 14.4. The van der Waals surface area contributed by atoms with Crippen LogP contribution in [0, 0.1) is 17.6 Å². The Bertz CT molecular complexity index is 1740. The molecule has 12 heteroatoms. The fourth-order valence-electron chi connectivity index (χ4n) is 4.41. The van der Waals surface area contributed by atoms with E-state index in [1.165, 1.54) is 17.5 Å². The van der Waals surface area contributed by atoms with Crippen LogP contribution in [0.15, 0.2) is 53.3 Å². The minimum atomic E-state index is -4.23. The molecule has 0 spiro atoms. The molecular weight excluding hydrogens is 546 g/mol. The summed E-state index contributed by atoms with van der Waals surface area (Å²) in [5.41, 5.74) is 3.80. The van der Waals surface area contributed by atoms with Crippen molar-refractivity contribution in [3.05, 3.63) is 88.1 Å². The highest BCUT2D eigenvalue weighted by molar-refractivity contribution is 7.89. The fourth-order valence-corrected chi connectivity index (χ4v) is 5.78. The molecule has 1 aliphatic rings. The maximum atomic E-state index is 14.7. The van der Waals surface area contributed by atoms with Crippen LogP contribution in [-0.2, 0) is 22.9 Å². The van der Waals surface area contributed by atoms with E-state index in [-0.39, 0.29) is 12.1 Å². The number of nitrogens with zero attached hydrogens (tertiary/aromatic N) is 3. The molecule has 4 aromatic rings. The topological polar surface area (TPSA) is 128 Å². The summed E-state index contributed by atoms with van der Waals surface area (Å²) in [4.78, 5) is 15.1. The fraction of sp³-hybridized carbons (Fsp3) is 0.222. The molecule has 0 radical (unpaired) electrons. The molecule has 0 amide bonds.